The van der Waals surface area contributed by atoms with Crippen LogP contribution >= 0.6 is 23.2 Å². The largest absolute Gasteiger partial charge is 0.481 e. The quantitative estimate of drug-likeness (QED) is 0.511. The molecule has 0 radical (unpaired) electrons. The number of morpholine rings is 1. The third kappa shape index (κ3) is 5.86. The van der Waals surface area contributed by atoms with Crippen molar-refractivity contribution in [3.05, 3.63) is 63.9 Å². The minimum absolute atomic E-state index is 0.131. The molecule has 0 saturated carbocycles. The number of carboxylic acids is 1. The van der Waals surface area contributed by atoms with Crippen molar-refractivity contribution in [1.29, 1.82) is 0 Å². The van der Waals surface area contributed by atoms with Gasteiger partial charge < -0.3 is 14.7 Å². The van der Waals surface area contributed by atoms with E-state index in [1.165, 1.54) is 0 Å². The Kier molecular flexibility index (Phi) is 8.56. The number of nitrogens with zero attached hydrogens (tertiary/aromatic N) is 3. The van der Waals surface area contributed by atoms with Crippen LogP contribution in [0, 0.1) is 5.41 Å². The Morgan fingerprint density at radius 2 is 1.97 bits per heavy atom. The van der Waals surface area contributed by atoms with Gasteiger partial charge in [0.15, 0.2) is 0 Å². The lowest BCUT2D eigenvalue weighted by Gasteiger charge is -2.52. The summed E-state index contributed by atoms with van der Waals surface area (Å²) in [6, 6.07) is 10.8. The van der Waals surface area contributed by atoms with Crippen molar-refractivity contribution < 1.29 is 19.4 Å². The van der Waals surface area contributed by atoms with Gasteiger partial charge in [0, 0.05) is 42.8 Å². The van der Waals surface area contributed by atoms with Crippen LogP contribution in [0.1, 0.15) is 56.3 Å². The molecule has 0 bridgehead atoms. The smallest absolute Gasteiger partial charge is 0.304 e. The van der Waals surface area contributed by atoms with E-state index in [0.29, 0.717) is 36.2 Å². The second-order valence-corrected chi connectivity index (χ2v) is 10.9. The predicted octanol–water partition coefficient (Wildman–Crippen LogP) is 5.04. The molecular formula is C27H33Cl2N3O4. The summed E-state index contributed by atoms with van der Waals surface area (Å²) in [7, 11) is 0. The number of benzene rings is 1. The van der Waals surface area contributed by atoms with Crippen LogP contribution in [0.5, 0.6) is 0 Å². The van der Waals surface area contributed by atoms with Crippen LogP contribution in [0.25, 0.3) is 0 Å². The van der Waals surface area contributed by atoms with Crippen LogP contribution in [0.3, 0.4) is 0 Å². The average Bonchev–Trinajstić information content (AvgIpc) is 2.85. The van der Waals surface area contributed by atoms with Crippen LogP contribution < -0.4 is 0 Å². The molecular weight excluding hydrogens is 501 g/mol. The Morgan fingerprint density at radius 1 is 1.22 bits per heavy atom. The molecule has 4 unspecified atom stereocenters. The molecule has 2 saturated heterocycles. The Morgan fingerprint density at radius 3 is 2.58 bits per heavy atom. The summed E-state index contributed by atoms with van der Waals surface area (Å²) < 4.78 is 5.52. The van der Waals surface area contributed by atoms with Crippen LogP contribution in [0.15, 0.2) is 42.6 Å². The maximum absolute atomic E-state index is 14.3. The molecule has 194 valence electrons. The third-order valence-electron chi connectivity index (χ3n) is 7.41. The topological polar surface area (TPSA) is 83.0 Å². The number of hydrogen-bond acceptors (Lipinski definition) is 5. The highest BCUT2D eigenvalue weighted by atomic mass is 35.5. The lowest BCUT2D eigenvalue weighted by atomic mass is 9.67. The molecule has 1 aromatic carbocycles. The SMILES string of the molecule is CCC(CN1CCOCC1)N1C(=O)C(C)(CC(=O)O)CC(c2cccc(Cl)c2)C1c1ccc(Cl)cn1. The zero-order valence-electron chi connectivity index (χ0n) is 20.7. The van der Waals surface area contributed by atoms with Gasteiger partial charge in [0.25, 0.3) is 0 Å². The van der Waals surface area contributed by atoms with Crippen LogP contribution in [-0.2, 0) is 14.3 Å². The highest BCUT2D eigenvalue weighted by molar-refractivity contribution is 6.30. The first-order valence-electron chi connectivity index (χ1n) is 12.4. The maximum Gasteiger partial charge on any atom is 0.304 e. The van der Waals surface area contributed by atoms with Crippen molar-refractivity contribution in [1.82, 2.24) is 14.8 Å². The van der Waals surface area contributed by atoms with Gasteiger partial charge in [-0.1, -0.05) is 49.2 Å². The lowest BCUT2D eigenvalue weighted by Crippen LogP contribution is -2.58. The zero-order chi connectivity index (χ0) is 25.9. The first kappa shape index (κ1) is 26.9. The molecule has 1 N–H and O–H groups in total. The molecule has 4 rings (SSSR count). The molecule has 7 nitrogen and oxygen atoms in total. The molecule has 4 atom stereocenters. The number of halogens is 2. The number of carbonyl (C=O) groups is 2. The van der Waals surface area contributed by atoms with Gasteiger partial charge in [0.2, 0.25) is 5.91 Å². The summed E-state index contributed by atoms with van der Waals surface area (Å²) in [6.07, 6.45) is 2.45. The first-order chi connectivity index (χ1) is 17.2. The molecule has 1 aromatic heterocycles. The Balaban J connectivity index is 1.84. The molecule has 0 spiro atoms. The number of pyridine rings is 1. The molecule has 36 heavy (non-hydrogen) atoms. The predicted molar refractivity (Wildman–Crippen MR) is 139 cm³/mol. The molecule has 9 heteroatoms. The fourth-order valence-electron chi connectivity index (χ4n) is 5.63. The van der Waals surface area contributed by atoms with Gasteiger partial charge in [-0.15, -0.1) is 0 Å². The van der Waals surface area contributed by atoms with Crippen molar-refractivity contribution in [2.24, 2.45) is 5.41 Å². The van der Waals surface area contributed by atoms with Crippen molar-refractivity contribution in [3.63, 3.8) is 0 Å². The first-order valence-corrected chi connectivity index (χ1v) is 13.2. The molecule has 2 aliphatic rings. The van der Waals surface area contributed by atoms with E-state index in [1.54, 1.807) is 19.2 Å². The number of carboxylic acid groups (broad SMARTS) is 1. The Hall–Kier alpha value is -2.19. The van der Waals surface area contributed by atoms with Gasteiger partial charge in [0.1, 0.15) is 0 Å². The fraction of sp³-hybridized carbons (Fsp3) is 0.519. The number of rotatable bonds is 8. The van der Waals surface area contributed by atoms with Crippen molar-refractivity contribution in [3.8, 4) is 0 Å². The zero-order valence-corrected chi connectivity index (χ0v) is 22.2. The van der Waals surface area contributed by atoms with Gasteiger partial charge in [-0.2, -0.15) is 0 Å². The van der Waals surface area contributed by atoms with E-state index >= 15 is 0 Å². The molecule has 3 heterocycles. The summed E-state index contributed by atoms with van der Waals surface area (Å²) in [5.41, 5.74) is 0.621. The van der Waals surface area contributed by atoms with Crippen LogP contribution in [0.4, 0.5) is 0 Å². The number of carbonyl (C=O) groups excluding carboxylic acids is 1. The molecule has 2 aliphatic heterocycles. The van der Waals surface area contributed by atoms with Gasteiger partial charge in [0.05, 0.1) is 41.8 Å². The molecule has 1 amide bonds. The Bertz CT molecular complexity index is 1080. The molecule has 2 aromatic rings. The van der Waals surface area contributed by atoms with Crippen molar-refractivity contribution in [2.75, 3.05) is 32.8 Å². The highest BCUT2D eigenvalue weighted by Gasteiger charge is 2.52. The maximum atomic E-state index is 14.3. The molecule has 0 aliphatic carbocycles. The van der Waals surface area contributed by atoms with Gasteiger partial charge in [-0.05, 0) is 42.7 Å². The van der Waals surface area contributed by atoms with Crippen LogP contribution in [-0.4, -0.2) is 70.7 Å². The second kappa shape index (κ2) is 11.5. The van der Waals surface area contributed by atoms with E-state index in [2.05, 4.69) is 16.8 Å². The van der Waals surface area contributed by atoms with Gasteiger partial charge >= 0.3 is 5.97 Å². The summed E-state index contributed by atoms with van der Waals surface area (Å²) in [5.74, 6) is -1.33. The fourth-order valence-corrected chi connectivity index (χ4v) is 5.94. The lowest BCUT2D eigenvalue weighted by molar-refractivity contribution is -0.161. The summed E-state index contributed by atoms with van der Waals surface area (Å²) >= 11 is 12.6. The normalized spacial score (nSPS) is 26.1. The number of ether oxygens (including phenoxy) is 1. The average molecular weight is 534 g/mol. The highest BCUT2D eigenvalue weighted by Crippen LogP contribution is 2.51. The summed E-state index contributed by atoms with van der Waals surface area (Å²) in [4.78, 5) is 35.1. The monoisotopic (exact) mass is 533 g/mol. The van der Waals surface area contributed by atoms with Crippen molar-refractivity contribution in [2.45, 2.75) is 51.1 Å². The van der Waals surface area contributed by atoms with Gasteiger partial charge in [-0.3, -0.25) is 19.5 Å². The van der Waals surface area contributed by atoms with E-state index in [9.17, 15) is 14.7 Å². The standard InChI is InChI=1S/C27H33Cl2N3O4/c1-3-21(17-31-9-11-36-12-10-31)32-25(23-8-7-20(29)16-30-23)22(18-5-4-6-19(28)13-18)14-27(2,26(32)35)15-24(33)34/h4-8,13,16,21-22,25H,3,9-12,14-15,17H2,1-2H3,(H,33,34). The van der Waals surface area contributed by atoms with Gasteiger partial charge in [-0.25, -0.2) is 0 Å². The number of amides is 1. The number of likely N-dealkylation sites (tertiary alicyclic amines) is 1. The van der Waals surface area contributed by atoms with E-state index < -0.39 is 11.4 Å². The Labute approximate surface area is 222 Å². The van der Waals surface area contributed by atoms with E-state index in [4.69, 9.17) is 27.9 Å². The van der Waals surface area contributed by atoms with E-state index in [0.717, 1.165) is 30.8 Å². The summed E-state index contributed by atoms with van der Waals surface area (Å²) in [5, 5.41) is 10.9. The number of aromatic nitrogens is 1. The van der Waals surface area contributed by atoms with E-state index in [1.807, 2.05) is 35.2 Å². The minimum atomic E-state index is -1.07. The minimum Gasteiger partial charge on any atom is -0.481 e. The van der Waals surface area contributed by atoms with Crippen LogP contribution in [0.2, 0.25) is 10.0 Å². The van der Waals surface area contributed by atoms with Crippen molar-refractivity contribution >= 4 is 35.1 Å². The number of aliphatic carboxylic acids is 1. The summed E-state index contributed by atoms with van der Waals surface area (Å²) in [6.45, 7) is 7.45. The number of piperidine rings is 1. The van der Waals surface area contributed by atoms with E-state index in [-0.39, 0.29) is 30.3 Å². The third-order valence-corrected chi connectivity index (χ3v) is 7.87. The second-order valence-electron chi connectivity index (χ2n) is 10.0. The molecule has 2 fully saturated rings. The number of hydrogen-bond donors (Lipinski definition) is 1.